The molecule has 242 valence electrons. The van der Waals surface area contributed by atoms with Gasteiger partial charge in [-0.25, -0.2) is 9.67 Å². The first-order valence-corrected chi connectivity index (χ1v) is 16.9. The molecular weight excluding hydrogens is 589 g/mol. The first kappa shape index (κ1) is 31.4. The SMILES string of the molecule is CCc1ccc(C(C)(C)C)c(-c2cnn(-c3cccc(Oc4ccc5c6ccccc6n(-c6cc(C)ccn6)c5c4)c3)c2)c1C(C)(C)C. The van der Waals surface area contributed by atoms with E-state index in [1.807, 2.05) is 41.3 Å². The van der Waals surface area contributed by atoms with Gasteiger partial charge in [-0.3, -0.25) is 4.57 Å². The maximum atomic E-state index is 6.53. The predicted molar refractivity (Wildman–Crippen MR) is 199 cm³/mol. The third-order valence-electron chi connectivity index (χ3n) is 9.20. The summed E-state index contributed by atoms with van der Waals surface area (Å²) in [5.41, 5.74) is 10.8. The van der Waals surface area contributed by atoms with Gasteiger partial charge in [-0.15, -0.1) is 0 Å². The zero-order valence-corrected chi connectivity index (χ0v) is 29.3. The van der Waals surface area contributed by atoms with E-state index < -0.39 is 0 Å². The number of pyridine rings is 1. The van der Waals surface area contributed by atoms with Gasteiger partial charge in [-0.05, 0) is 94.5 Å². The van der Waals surface area contributed by atoms with E-state index in [4.69, 9.17) is 14.8 Å². The summed E-state index contributed by atoms with van der Waals surface area (Å²) < 4.78 is 10.7. The highest BCUT2D eigenvalue weighted by molar-refractivity contribution is 6.09. The summed E-state index contributed by atoms with van der Waals surface area (Å²) >= 11 is 0. The Labute approximate surface area is 283 Å². The fourth-order valence-corrected chi connectivity index (χ4v) is 7.04. The first-order valence-electron chi connectivity index (χ1n) is 16.9. The van der Waals surface area contributed by atoms with Gasteiger partial charge in [0.25, 0.3) is 0 Å². The highest BCUT2D eigenvalue weighted by Crippen LogP contribution is 2.43. The third kappa shape index (κ3) is 5.68. The molecule has 48 heavy (non-hydrogen) atoms. The van der Waals surface area contributed by atoms with Gasteiger partial charge in [0.15, 0.2) is 0 Å². The Hall–Kier alpha value is -5.16. The number of ether oxygens (including phenoxy) is 1. The van der Waals surface area contributed by atoms with Crippen LogP contribution in [0.4, 0.5) is 0 Å². The molecule has 0 aliphatic rings. The lowest BCUT2D eigenvalue weighted by Crippen LogP contribution is -2.21. The lowest BCUT2D eigenvalue weighted by molar-refractivity contribution is 0.483. The average molecular weight is 633 g/mol. The number of rotatable bonds is 6. The number of hydrogen-bond donors (Lipinski definition) is 0. The normalized spacial score (nSPS) is 12.2. The third-order valence-corrected chi connectivity index (χ3v) is 9.20. The molecule has 0 atom stereocenters. The Morgan fingerprint density at radius 1 is 0.729 bits per heavy atom. The molecule has 0 bridgehead atoms. The number of benzene rings is 4. The molecule has 4 aromatic carbocycles. The Balaban J connectivity index is 1.27. The second-order valence-corrected chi connectivity index (χ2v) is 14.9. The number of para-hydroxylation sites is 1. The zero-order chi connectivity index (χ0) is 33.8. The molecule has 0 radical (unpaired) electrons. The molecule has 0 amide bonds. The lowest BCUT2D eigenvalue weighted by Gasteiger charge is -2.32. The molecule has 0 unspecified atom stereocenters. The molecule has 0 saturated heterocycles. The summed E-state index contributed by atoms with van der Waals surface area (Å²) in [5, 5.41) is 7.23. The zero-order valence-electron chi connectivity index (χ0n) is 29.3. The van der Waals surface area contributed by atoms with Crippen molar-refractivity contribution in [2.45, 2.75) is 72.6 Å². The van der Waals surface area contributed by atoms with Crippen LogP contribution < -0.4 is 4.74 Å². The number of aromatic nitrogens is 4. The number of hydrogen-bond acceptors (Lipinski definition) is 3. The van der Waals surface area contributed by atoms with Crippen LogP contribution in [0.1, 0.15) is 70.7 Å². The highest BCUT2D eigenvalue weighted by Gasteiger charge is 2.29. The van der Waals surface area contributed by atoms with Crippen molar-refractivity contribution in [3.8, 4) is 34.1 Å². The van der Waals surface area contributed by atoms with Crippen molar-refractivity contribution in [3.63, 3.8) is 0 Å². The molecule has 3 aromatic heterocycles. The van der Waals surface area contributed by atoms with E-state index in [0.717, 1.165) is 51.4 Å². The fraction of sp³-hybridized carbons (Fsp3) is 0.256. The van der Waals surface area contributed by atoms with Gasteiger partial charge in [0.05, 0.1) is 22.9 Å². The molecule has 7 rings (SSSR count). The van der Waals surface area contributed by atoms with E-state index in [0.29, 0.717) is 0 Å². The predicted octanol–water partition coefficient (Wildman–Crippen LogP) is 11.3. The maximum Gasteiger partial charge on any atom is 0.137 e. The van der Waals surface area contributed by atoms with Crippen LogP contribution >= 0.6 is 0 Å². The molecule has 0 spiro atoms. The second-order valence-electron chi connectivity index (χ2n) is 14.9. The Morgan fingerprint density at radius 2 is 1.50 bits per heavy atom. The van der Waals surface area contributed by atoms with Gasteiger partial charge in [-0.2, -0.15) is 5.10 Å². The van der Waals surface area contributed by atoms with Gasteiger partial charge in [0.1, 0.15) is 17.3 Å². The summed E-state index contributed by atoms with van der Waals surface area (Å²) in [6.07, 6.45) is 7.04. The summed E-state index contributed by atoms with van der Waals surface area (Å²) in [4.78, 5) is 4.72. The molecule has 7 aromatic rings. The Bertz CT molecular complexity index is 2290. The highest BCUT2D eigenvalue weighted by atomic mass is 16.5. The summed E-state index contributed by atoms with van der Waals surface area (Å²) in [6, 6.07) is 31.7. The van der Waals surface area contributed by atoms with Crippen molar-refractivity contribution in [2.24, 2.45) is 0 Å². The molecule has 3 heterocycles. The number of fused-ring (bicyclic) bond motifs is 3. The van der Waals surface area contributed by atoms with Crippen LogP contribution in [0.15, 0.2) is 110 Å². The largest absolute Gasteiger partial charge is 0.457 e. The quantitative estimate of drug-likeness (QED) is 0.183. The average Bonchev–Trinajstić information content (AvgIpc) is 3.67. The molecule has 0 N–H and O–H groups in total. The molecule has 0 fully saturated rings. The maximum absolute atomic E-state index is 6.53. The van der Waals surface area contributed by atoms with Crippen molar-refractivity contribution in [1.82, 2.24) is 19.3 Å². The summed E-state index contributed by atoms with van der Waals surface area (Å²) in [7, 11) is 0. The molecule has 0 aliphatic carbocycles. The van der Waals surface area contributed by atoms with Crippen LogP contribution in [0.25, 0.3) is 44.4 Å². The smallest absolute Gasteiger partial charge is 0.137 e. The minimum absolute atomic E-state index is 0.0139. The monoisotopic (exact) mass is 632 g/mol. The van der Waals surface area contributed by atoms with E-state index in [-0.39, 0.29) is 10.8 Å². The van der Waals surface area contributed by atoms with Crippen molar-refractivity contribution in [2.75, 3.05) is 0 Å². The molecule has 5 nitrogen and oxygen atoms in total. The van der Waals surface area contributed by atoms with Crippen molar-refractivity contribution in [3.05, 3.63) is 132 Å². The van der Waals surface area contributed by atoms with E-state index >= 15 is 0 Å². The van der Waals surface area contributed by atoms with Gasteiger partial charge in [0.2, 0.25) is 0 Å². The number of aryl methyl sites for hydroxylation is 2. The number of nitrogens with zero attached hydrogens (tertiary/aromatic N) is 4. The van der Waals surface area contributed by atoms with Gasteiger partial charge >= 0.3 is 0 Å². The van der Waals surface area contributed by atoms with Crippen LogP contribution in [0.3, 0.4) is 0 Å². The van der Waals surface area contributed by atoms with Crippen LogP contribution in [0, 0.1) is 6.92 Å². The van der Waals surface area contributed by atoms with Gasteiger partial charge in [-0.1, -0.05) is 84.9 Å². The van der Waals surface area contributed by atoms with E-state index in [1.54, 1.807) is 0 Å². The summed E-state index contributed by atoms with van der Waals surface area (Å²) in [6.45, 7) is 18.2. The fourth-order valence-electron chi connectivity index (χ4n) is 7.04. The van der Waals surface area contributed by atoms with Crippen molar-refractivity contribution < 1.29 is 4.74 Å². The van der Waals surface area contributed by atoms with E-state index in [2.05, 4.69) is 133 Å². The van der Waals surface area contributed by atoms with Crippen LogP contribution in [-0.4, -0.2) is 19.3 Å². The van der Waals surface area contributed by atoms with Gasteiger partial charge < -0.3 is 4.74 Å². The van der Waals surface area contributed by atoms with Crippen LogP contribution in [0.5, 0.6) is 11.5 Å². The van der Waals surface area contributed by atoms with Gasteiger partial charge in [0, 0.05) is 40.9 Å². The van der Waals surface area contributed by atoms with Crippen molar-refractivity contribution in [1.29, 1.82) is 0 Å². The molecule has 0 aliphatic heterocycles. The van der Waals surface area contributed by atoms with E-state index in [1.165, 1.54) is 33.2 Å². The Morgan fingerprint density at radius 3 is 2.25 bits per heavy atom. The molecule has 0 saturated carbocycles. The topological polar surface area (TPSA) is 44.9 Å². The molecular formula is C43H44N4O. The van der Waals surface area contributed by atoms with Crippen LogP contribution in [0.2, 0.25) is 0 Å². The molecule has 5 heteroatoms. The van der Waals surface area contributed by atoms with Crippen LogP contribution in [-0.2, 0) is 17.3 Å². The minimum Gasteiger partial charge on any atom is -0.457 e. The lowest BCUT2D eigenvalue weighted by atomic mass is 9.72. The summed E-state index contributed by atoms with van der Waals surface area (Å²) in [5.74, 6) is 2.40. The first-order chi connectivity index (χ1) is 22.9. The second kappa shape index (κ2) is 11.8. The van der Waals surface area contributed by atoms with E-state index in [9.17, 15) is 0 Å². The minimum atomic E-state index is -0.0142. The Kier molecular flexibility index (Phi) is 7.74. The van der Waals surface area contributed by atoms with Crippen molar-refractivity contribution >= 4 is 21.8 Å². The standard InChI is InChI=1S/C43H44N4O/c1-9-29-17-20-36(42(3,4)5)40(41(29)43(6,7)8)30-26-45-46(27-30)31-13-12-14-32(24-31)48-33-18-19-35-34-15-10-11-16-37(34)47(38(35)25-33)39-23-28(2)21-22-44-39/h10-27H,9H2,1-8H3.